The van der Waals surface area contributed by atoms with Gasteiger partial charge in [0.25, 0.3) is 0 Å². The molecule has 0 heterocycles. The van der Waals surface area contributed by atoms with E-state index in [9.17, 15) is 13.2 Å². The number of aryl methyl sites for hydroxylation is 1. The second-order valence-corrected chi connectivity index (χ2v) is 8.97. The minimum Gasteiger partial charge on any atom is -0.325 e. The number of amides is 1. The molecular weight excluding hydrogens is 368 g/mol. The average molecular weight is 393 g/mol. The van der Waals surface area contributed by atoms with Crippen molar-refractivity contribution < 1.29 is 13.2 Å². The molecule has 26 heavy (non-hydrogen) atoms. The molecule has 5 nitrogen and oxygen atoms in total. The Morgan fingerprint density at radius 2 is 1.73 bits per heavy atom. The summed E-state index contributed by atoms with van der Waals surface area (Å²) >= 11 is 1.57. The number of anilines is 1. The van der Waals surface area contributed by atoms with Crippen LogP contribution in [0.3, 0.4) is 0 Å². The molecule has 0 radical (unpaired) electrons. The van der Waals surface area contributed by atoms with Crippen molar-refractivity contribution in [3.63, 3.8) is 0 Å². The van der Waals surface area contributed by atoms with Gasteiger partial charge in [-0.05, 0) is 49.4 Å². The van der Waals surface area contributed by atoms with Gasteiger partial charge in [-0.3, -0.25) is 4.79 Å². The summed E-state index contributed by atoms with van der Waals surface area (Å²) in [6.07, 6.45) is 1.95. The van der Waals surface area contributed by atoms with Gasteiger partial charge < -0.3 is 5.32 Å². The van der Waals surface area contributed by atoms with Gasteiger partial charge in [0.15, 0.2) is 0 Å². The highest BCUT2D eigenvalue weighted by Crippen LogP contribution is 2.20. The van der Waals surface area contributed by atoms with Gasteiger partial charge in [-0.25, -0.2) is 8.42 Å². The number of carbonyl (C=O) groups excluding carboxylic acids is 1. The number of hydrogen-bond donors (Lipinski definition) is 2. The molecule has 0 aliphatic heterocycles. The maximum Gasteiger partial charge on any atom is 0.242 e. The van der Waals surface area contributed by atoms with Crippen LogP contribution in [0.15, 0.2) is 58.3 Å². The maximum absolute atomic E-state index is 12.7. The van der Waals surface area contributed by atoms with Crippen molar-refractivity contribution in [3.05, 3.63) is 54.1 Å². The molecule has 0 bridgehead atoms. The van der Waals surface area contributed by atoms with E-state index < -0.39 is 16.1 Å². The zero-order valence-corrected chi connectivity index (χ0v) is 16.9. The second-order valence-electron chi connectivity index (χ2n) is 6.38. The molecule has 1 amide bonds. The smallest absolute Gasteiger partial charge is 0.242 e. The van der Waals surface area contributed by atoms with Crippen molar-refractivity contribution in [1.29, 1.82) is 0 Å². The standard InChI is InChI=1S/C19H24N2O3S2/c1-13(2)18(19(22)20-15-6-5-7-16(12-15)25-4)21-26(23,24)17-10-8-14(3)9-11-17/h5-13,18,21H,1-4H3,(H,20,22). The molecule has 0 aliphatic carbocycles. The van der Waals surface area contributed by atoms with E-state index in [1.165, 1.54) is 12.1 Å². The Bertz CT molecular complexity index is 863. The zero-order chi connectivity index (χ0) is 19.3. The van der Waals surface area contributed by atoms with Crippen molar-refractivity contribution in [2.75, 3.05) is 11.6 Å². The van der Waals surface area contributed by atoms with Crippen LogP contribution in [0.4, 0.5) is 5.69 Å². The predicted octanol–water partition coefficient (Wildman–Crippen LogP) is 3.66. The number of nitrogens with one attached hydrogen (secondary N) is 2. The number of hydrogen-bond acceptors (Lipinski definition) is 4. The first-order valence-corrected chi connectivity index (χ1v) is 11.0. The molecule has 0 saturated carbocycles. The van der Waals surface area contributed by atoms with Crippen LogP contribution in [0.25, 0.3) is 0 Å². The van der Waals surface area contributed by atoms with Gasteiger partial charge in [-0.1, -0.05) is 37.6 Å². The highest BCUT2D eigenvalue weighted by Gasteiger charge is 2.28. The summed E-state index contributed by atoms with van der Waals surface area (Å²) in [5, 5.41) is 2.80. The second kappa shape index (κ2) is 8.70. The summed E-state index contributed by atoms with van der Waals surface area (Å²) < 4.78 is 27.8. The number of benzene rings is 2. The van der Waals surface area contributed by atoms with Crippen molar-refractivity contribution >= 4 is 33.4 Å². The lowest BCUT2D eigenvalue weighted by Crippen LogP contribution is -2.47. The first-order valence-electron chi connectivity index (χ1n) is 8.27. The highest BCUT2D eigenvalue weighted by atomic mass is 32.2. The van der Waals surface area contributed by atoms with Crippen LogP contribution in [-0.2, 0) is 14.8 Å². The van der Waals surface area contributed by atoms with Crippen molar-refractivity contribution in [2.24, 2.45) is 5.92 Å². The first-order chi connectivity index (χ1) is 12.2. The van der Waals surface area contributed by atoms with E-state index >= 15 is 0 Å². The third kappa shape index (κ3) is 5.33. The van der Waals surface area contributed by atoms with Crippen LogP contribution in [-0.4, -0.2) is 26.6 Å². The van der Waals surface area contributed by atoms with Crippen LogP contribution < -0.4 is 10.0 Å². The Morgan fingerprint density at radius 3 is 2.31 bits per heavy atom. The van der Waals surface area contributed by atoms with Crippen molar-refractivity contribution in [3.8, 4) is 0 Å². The fourth-order valence-corrected chi connectivity index (χ4v) is 4.17. The third-order valence-electron chi connectivity index (χ3n) is 3.90. The minimum atomic E-state index is -3.79. The van der Waals surface area contributed by atoms with Gasteiger partial charge in [-0.2, -0.15) is 4.72 Å². The fourth-order valence-electron chi connectivity index (χ4n) is 2.37. The molecule has 7 heteroatoms. The van der Waals surface area contributed by atoms with Gasteiger partial charge in [0.1, 0.15) is 6.04 Å². The van der Waals surface area contributed by atoms with Gasteiger partial charge >= 0.3 is 0 Å². The largest absolute Gasteiger partial charge is 0.325 e. The lowest BCUT2D eigenvalue weighted by molar-refractivity contribution is -0.118. The van der Waals surface area contributed by atoms with Gasteiger partial charge in [-0.15, -0.1) is 11.8 Å². The van der Waals surface area contributed by atoms with Crippen LogP contribution in [0.2, 0.25) is 0 Å². The fraction of sp³-hybridized carbons (Fsp3) is 0.316. The van der Waals surface area contributed by atoms with E-state index in [1.54, 1.807) is 43.8 Å². The average Bonchev–Trinajstić information content (AvgIpc) is 2.60. The summed E-state index contributed by atoms with van der Waals surface area (Å²) in [5.41, 5.74) is 1.61. The molecule has 0 aliphatic rings. The third-order valence-corrected chi connectivity index (χ3v) is 6.08. The van der Waals surface area contributed by atoms with Crippen LogP contribution >= 0.6 is 11.8 Å². The van der Waals surface area contributed by atoms with E-state index in [2.05, 4.69) is 10.0 Å². The number of sulfonamides is 1. The number of thioether (sulfide) groups is 1. The number of rotatable bonds is 7. The molecule has 0 fully saturated rings. The SMILES string of the molecule is CSc1cccc(NC(=O)C(NS(=O)(=O)c2ccc(C)cc2)C(C)C)c1. The Hall–Kier alpha value is -1.83. The van der Waals surface area contributed by atoms with Crippen molar-refractivity contribution in [2.45, 2.75) is 36.6 Å². The van der Waals surface area contributed by atoms with Gasteiger partial charge in [0.05, 0.1) is 4.90 Å². The Morgan fingerprint density at radius 1 is 1.08 bits per heavy atom. The maximum atomic E-state index is 12.7. The van der Waals surface area contributed by atoms with Crippen LogP contribution in [0, 0.1) is 12.8 Å². The topological polar surface area (TPSA) is 75.3 Å². The van der Waals surface area contributed by atoms with E-state index in [1.807, 2.05) is 31.4 Å². The normalized spacial score (nSPS) is 12.8. The quantitative estimate of drug-likeness (QED) is 0.705. The van der Waals surface area contributed by atoms with Crippen LogP contribution in [0.5, 0.6) is 0 Å². The molecule has 0 saturated heterocycles. The lowest BCUT2D eigenvalue weighted by atomic mass is 10.0. The monoisotopic (exact) mass is 392 g/mol. The molecule has 0 spiro atoms. The molecule has 2 rings (SSSR count). The summed E-state index contributed by atoms with van der Waals surface area (Å²) in [7, 11) is -3.79. The molecule has 0 aromatic heterocycles. The Labute approximate surface area is 159 Å². The Kier molecular flexibility index (Phi) is 6.86. The summed E-state index contributed by atoms with van der Waals surface area (Å²) in [6, 6.07) is 13.1. The minimum absolute atomic E-state index is 0.144. The molecule has 2 N–H and O–H groups in total. The molecule has 140 valence electrons. The van der Waals surface area contributed by atoms with Crippen molar-refractivity contribution in [1.82, 2.24) is 4.72 Å². The van der Waals surface area contributed by atoms with E-state index in [0.717, 1.165) is 10.5 Å². The van der Waals surface area contributed by atoms with E-state index in [0.29, 0.717) is 5.69 Å². The van der Waals surface area contributed by atoms with Gasteiger partial charge in [0, 0.05) is 10.6 Å². The summed E-state index contributed by atoms with van der Waals surface area (Å²) in [5.74, 6) is -0.590. The predicted molar refractivity (Wildman–Crippen MR) is 107 cm³/mol. The molecule has 1 unspecified atom stereocenters. The molecule has 2 aromatic rings. The first kappa shape index (κ1) is 20.5. The Balaban J connectivity index is 2.19. The lowest BCUT2D eigenvalue weighted by Gasteiger charge is -2.22. The van der Waals surface area contributed by atoms with Gasteiger partial charge in [0.2, 0.25) is 15.9 Å². The van der Waals surface area contributed by atoms with E-state index in [-0.39, 0.29) is 16.7 Å². The summed E-state index contributed by atoms with van der Waals surface area (Å²) in [4.78, 5) is 13.8. The molecule has 2 aromatic carbocycles. The zero-order valence-electron chi connectivity index (χ0n) is 15.3. The summed E-state index contributed by atoms with van der Waals surface area (Å²) in [6.45, 7) is 5.50. The van der Waals surface area contributed by atoms with Crippen LogP contribution in [0.1, 0.15) is 19.4 Å². The van der Waals surface area contributed by atoms with E-state index in [4.69, 9.17) is 0 Å². The highest BCUT2D eigenvalue weighted by molar-refractivity contribution is 7.98. The molecule has 1 atom stereocenters. The number of carbonyl (C=O) groups is 1. The molecular formula is C19H24N2O3S2.